The van der Waals surface area contributed by atoms with E-state index in [1.54, 1.807) is 11.8 Å². The number of benzene rings is 1. The highest BCUT2D eigenvalue weighted by Gasteiger charge is 2.39. The maximum absolute atomic E-state index is 11.9. The predicted octanol–water partition coefficient (Wildman–Crippen LogP) is 3.01. The minimum absolute atomic E-state index is 0.00145. The topological polar surface area (TPSA) is 41.5 Å². The second kappa shape index (κ2) is 6.24. The Morgan fingerprint density at radius 1 is 1.32 bits per heavy atom. The number of nitrogens with zero attached hydrogens (tertiary/aromatic N) is 1. The number of hydrogen-bond donors (Lipinski definition) is 1. The molecule has 0 aliphatic carbocycles. The van der Waals surface area contributed by atoms with Crippen LogP contribution in [0.1, 0.15) is 32.3 Å². The number of nitrogens with one attached hydrogen (secondary N) is 1. The molecular weight excluding hydrogens is 256 g/mol. The Morgan fingerprint density at radius 3 is 2.74 bits per heavy atom. The Morgan fingerprint density at radius 2 is 2.05 bits per heavy atom. The zero-order valence-electron chi connectivity index (χ0n) is 11.5. The van der Waals surface area contributed by atoms with Crippen molar-refractivity contribution in [2.24, 2.45) is 4.99 Å². The lowest BCUT2D eigenvalue weighted by Crippen LogP contribution is -2.28. The molecule has 0 unspecified atom stereocenters. The molecule has 0 radical (unpaired) electrons. The normalized spacial score (nSPS) is 22.4. The second-order valence-electron chi connectivity index (χ2n) is 4.97. The molecule has 102 valence electrons. The molecule has 1 aromatic rings. The molecule has 19 heavy (non-hydrogen) atoms. The smallest absolute Gasteiger partial charge is 0.264 e. The molecule has 0 bridgehead atoms. The van der Waals surface area contributed by atoms with E-state index in [2.05, 4.69) is 29.4 Å². The largest absolute Gasteiger partial charge is 0.364 e. The molecule has 2 rings (SSSR count). The zero-order chi connectivity index (χ0) is 13.7. The summed E-state index contributed by atoms with van der Waals surface area (Å²) in [6.07, 6.45) is 2.82. The average Bonchev–Trinajstić information content (AvgIpc) is 2.66. The zero-order valence-corrected chi connectivity index (χ0v) is 12.3. The van der Waals surface area contributed by atoms with Gasteiger partial charge in [-0.25, -0.2) is 0 Å². The Kier molecular flexibility index (Phi) is 4.64. The SMILES string of the molecule is CCC[C@]1(C)SC(NCCc2ccccc2)=NC1=O. The lowest BCUT2D eigenvalue weighted by molar-refractivity contribution is -0.119. The van der Waals surface area contributed by atoms with Gasteiger partial charge < -0.3 is 5.32 Å². The van der Waals surface area contributed by atoms with Crippen LogP contribution >= 0.6 is 11.8 Å². The summed E-state index contributed by atoms with van der Waals surface area (Å²) in [6, 6.07) is 10.3. The Bertz CT molecular complexity index is 472. The summed E-state index contributed by atoms with van der Waals surface area (Å²) in [4.78, 5) is 16.0. The van der Waals surface area contributed by atoms with Gasteiger partial charge in [0.2, 0.25) is 0 Å². The first kappa shape index (κ1) is 14.1. The van der Waals surface area contributed by atoms with E-state index in [9.17, 15) is 4.79 Å². The van der Waals surface area contributed by atoms with Crippen molar-refractivity contribution < 1.29 is 4.79 Å². The number of carbonyl (C=O) groups excluding carboxylic acids is 1. The molecule has 1 aliphatic rings. The van der Waals surface area contributed by atoms with Crippen LogP contribution in [0.2, 0.25) is 0 Å². The van der Waals surface area contributed by atoms with Crippen molar-refractivity contribution in [3.8, 4) is 0 Å². The van der Waals surface area contributed by atoms with E-state index in [4.69, 9.17) is 0 Å². The van der Waals surface area contributed by atoms with Crippen molar-refractivity contribution in [3.63, 3.8) is 0 Å². The Hall–Kier alpha value is -1.29. The molecule has 3 nitrogen and oxygen atoms in total. The summed E-state index contributed by atoms with van der Waals surface area (Å²) in [5.74, 6) is 0.00145. The van der Waals surface area contributed by atoms with E-state index < -0.39 is 0 Å². The van der Waals surface area contributed by atoms with Crippen LogP contribution in [-0.2, 0) is 11.2 Å². The second-order valence-corrected chi connectivity index (χ2v) is 6.46. The quantitative estimate of drug-likeness (QED) is 0.899. The molecular formula is C15H20N2OS. The summed E-state index contributed by atoms with van der Waals surface area (Å²) >= 11 is 1.57. The maximum Gasteiger partial charge on any atom is 0.264 e. The first-order valence-corrected chi connectivity index (χ1v) is 7.55. The van der Waals surface area contributed by atoms with Crippen molar-refractivity contribution in [2.45, 2.75) is 37.9 Å². The highest BCUT2D eigenvalue weighted by Crippen LogP contribution is 2.36. The molecule has 0 spiro atoms. The number of rotatable bonds is 5. The third-order valence-corrected chi connectivity index (χ3v) is 4.50. The van der Waals surface area contributed by atoms with Gasteiger partial charge in [0.15, 0.2) is 5.17 Å². The molecule has 1 atom stereocenters. The number of carbonyl (C=O) groups is 1. The molecule has 0 aromatic heterocycles. The van der Waals surface area contributed by atoms with Crippen LogP contribution in [0.15, 0.2) is 35.3 Å². The molecule has 1 aliphatic heterocycles. The first-order chi connectivity index (χ1) is 9.14. The van der Waals surface area contributed by atoms with Crippen molar-refractivity contribution in [1.29, 1.82) is 0 Å². The van der Waals surface area contributed by atoms with Gasteiger partial charge in [0.25, 0.3) is 5.91 Å². The molecule has 0 saturated heterocycles. The molecule has 1 N–H and O–H groups in total. The summed E-state index contributed by atoms with van der Waals surface area (Å²) in [6.45, 7) is 4.89. The van der Waals surface area contributed by atoms with Crippen LogP contribution in [0.25, 0.3) is 0 Å². The van der Waals surface area contributed by atoms with Crippen LogP contribution < -0.4 is 5.32 Å². The van der Waals surface area contributed by atoms with E-state index in [-0.39, 0.29) is 10.7 Å². The third kappa shape index (κ3) is 3.60. The maximum atomic E-state index is 11.9. The van der Waals surface area contributed by atoms with Crippen LogP contribution in [0, 0.1) is 0 Å². The van der Waals surface area contributed by atoms with Crippen LogP contribution in [0.3, 0.4) is 0 Å². The van der Waals surface area contributed by atoms with Gasteiger partial charge in [-0.05, 0) is 25.3 Å². The standard InChI is InChI=1S/C15H20N2OS/c1-3-10-15(2)13(18)17-14(19-15)16-11-9-12-7-5-4-6-8-12/h4-8H,3,9-11H2,1-2H3,(H,16,17,18)/t15-/m0/s1. The van der Waals surface area contributed by atoms with Gasteiger partial charge in [0.05, 0.1) is 0 Å². The van der Waals surface area contributed by atoms with Gasteiger partial charge in [-0.2, -0.15) is 4.99 Å². The van der Waals surface area contributed by atoms with Gasteiger partial charge in [-0.1, -0.05) is 55.4 Å². The number of aliphatic imine (C=N–C) groups is 1. The van der Waals surface area contributed by atoms with Crippen molar-refractivity contribution in [1.82, 2.24) is 5.32 Å². The highest BCUT2D eigenvalue weighted by molar-refractivity contribution is 8.16. The minimum Gasteiger partial charge on any atom is -0.364 e. The molecule has 0 saturated carbocycles. The first-order valence-electron chi connectivity index (χ1n) is 6.74. The summed E-state index contributed by atoms with van der Waals surface area (Å²) in [5, 5.41) is 4.04. The fourth-order valence-electron chi connectivity index (χ4n) is 2.16. The highest BCUT2D eigenvalue weighted by atomic mass is 32.2. The van der Waals surface area contributed by atoms with Gasteiger partial charge in [-0.3, -0.25) is 4.79 Å². The monoisotopic (exact) mass is 276 g/mol. The molecule has 1 aromatic carbocycles. The summed E-state index contributed by atoms with van der Waals surface area (Å²) < 4.78 is -0.357. The van der Waals surface area contributed by atoms with Crippen LogP contribution in [0.5, 0.6) is 0 Å². The number of amides is 1. The molecule has 1 heterocycles. The van der Waals surface area contributed by atoms with Crippen LogP contribution in [-0.4, -0.2) is 22.4 Å². The fraction of sp³-hybridized carbons (Fsp3) is 0.467. The third-order valence-electron chi connectivity index (χ3n) is 3.24. The lowest BCUT2D eigenvalue weighted by Gasteiger charge is -2.18. The summed E-state index contributed by atoms with van der Waals surface area (Å²) in [7, 11) is 0. The number of amidine groups is 1. The lowest BCUT2D eigenvalue weighted by atomic mass is 10.1. The summed E-state index contributed by atoms with van der Waals surface area (Å²) in [5.41, 5.74) is 1.29. The molecule has 1 amide bonds. The van der Waals surface area contributed by atoms with Gasteiger partial charge in [0.1, 0.15) is 4.75 Å². The average molecular weight is 276 g/mol. The van der Waals surface area contributed by atoms with E-state index in [0.29, 0.717) is 0 Å². The molecule has 4 heteroatoms. The predicted molar refractivity (Wildman–Crippen MR) is 81.5 cm³/mol. The van der Waals surface area contributed by atoms with E-state index >= 15 is 0 Å². The van der Waals surface area contributed by atoms with Crippen molar-refractivity contribution in [3.05, 3.63) is 35.9 Å². The Balaban J connectivity index is 1.82. The van der Waals surface area contributed by atoms with Crippen molar-refractivity contribution in [2.75, 3.05) is 6.54 Å². The van der Waals surface area contributed by atoms with E-state index in [1.165, 1.54) is 5.56 Å². The number of thioether (sulfide) groups is 1. The van der Waals surface area contributed by atoms with Gasteiger partial charge in [0, 0.05) is 6.54 Å². The Labute approximate surface area is 118 Å². The van der Waals surface area contributed by atoms with E-state index in [1.807, 2.05) is 25.1 Å². The van der Waals surface area contributed by atoms with Gasteiger partial charge >= 0.3 is 0 Å². The van der Waals surface area contributed by atoms with Gasteiger partial charge in [-0.15, -0.1) is 0 Å². The molecule has 0 fully saturated rings. The van der Waals surface area contributed by atoms with E-state index in [0.717, 1.165) is 31.0 Å². The number of hydrogen-bond acceptors (Lipinski definition) is 3. The fourth-order valence-corrected chi connectivity index (χ4v) is 3.33. The van der Waals surface area contributed by atoms with Crippen molar-refractivity contribution >= 4 is 22.8 Å². The minimum atomic E-state index is -0.357. The van der Waals surface area contributed by atoms with Crippen LogP contribution in [0.4, 0.5) is 0 Å².